The summed E-state index contributed by atoms with van der Waals surface area (Å²) in [6, 6.07) is 7.30. The van der Waals surface area contributed by atoms with Crippen LogP contribution in [0.1, 0.15) is 158 Å². The van der Waals surface area contributed by atoms with Crippen LogP contribution in [0.15, 0.2) is 30.9 Å². The van der Waals surface area contributed by atoms with E-state index in [1.54, 1.807) is 68.9 Å². The zero-order valence-electron chi connectivity index (χ0n) is 28.1. The molecule has 0 radical (unpaired) electrons. The molecule has 1 aromatic carbocycles. The standard InChI is InChI=1S/C41H65NO/c1-4-7-8-10-30-12-15-33(16-13-30)36-21-23-39-29-37(22-24-38(39)28-36)34-17-19-35(20-18-34)40-25-14-31(27-32(40)5-2)11-9-26-42-41(43)6-3/h6,14,25,27,30,33-39H,3-5,7-13,15-24,26,28-29H2,1-2H3,(H,42,43). The van der Waals surface area contributed by atoms with Crippen LogP contribution in [-0.2, 0) is 17.6 Å². The van der Waals surface area contributed by atoms with Crippen molar-refractivity contribution in [2.75, 3.05) is 6.54 Å². The molecule has 4 fully saturated rings. The van der Waals surface area contributed by atoms with Crippen LogP contribution < -0.4 is 5.32 Å². The normalized spacial score (nSPS) is 33.0. The number of fused-ring (bicyclic) bond motifs is 1. The molecule has 0 bridgehead atoms. The number of carbonyl (C=O) groups is 1. The van der Waals surface area contributed by atoms with Gasteiger partial charge in [-0.05, 0) is 166 Å². The van der Waals surface area contributed by atoms with Gasteiger partial charge in [-0.25, -0.2) is 0 Å². The van der Waals surface area contributed by atoms with Crippen molar-refractivity contribution < 1.29 is 4.79 Å². The molecule has 1 amide bonds. The Hall–Kier alpha value is -1.57. The monoisotopic (exact) mass is 588 g/mol. The summed E-state index contributed by atoms with van der Waals surface area (Å²) >= 11 is 0. The van der Waals surface area contributed by atoms with E-state index in [4.69, 9.17) is 0 Å². The zero-order valence-corrected chi connectivity index (χ0v) is 28.1. The molecule has 240 valence electrons. The summed E-state index contributed by atoms with van der Waals surface area (Å²) in [7, 11) is 0. The van der Waals surface area contributed by atoms with Crippen molar-refractivity contribution in [2.45, 2.75) is 155 Å². The van der Waals surface area contributed by atoms with E-state index in [-0.39, 0.29) is 5.91 Å². The second-order valence-electron chi connectivity index (χ2n) is 15.5. The van der Waals surface area contributed by atoms with Crippen molar-refractivity contribution in [3.63, 3.8) is 0 Å². The Kier molecular flexibility index (Phi) is 12.7. The van der Waals surface area contributed by atoms with Crippen molar-refractivity contribution in [3.8, 4) is 0 Å². The fourth-order valence-electron chi connectivity index (χ4n) is 10.4. The lowest BCUT2D eigenvalue weighted by molar-refractivity contribution is -0.116. The van der Waals surface area contributed by atoms with E-state index in [0.717, 1.165) is 73.2 Å². The maximum atomic E-state index is 11.4. The van der Waals surface area contributed by atoms with Gasteiger partial charge in [0.25, 0.3) is 0 Å². The van der Waals surface area contributed by atoms with Gasteiger partial charge in [0, 0.05) is 6.54 Å². The summed E-state index contributed by atoms with van der Waals surface area (Å²) in [4.78, 5) is 11.4. The topological polar surface area (TPSA) is 29.1 Å². The molecule has 4 unspecified atom stereocenters. The largest absolute Gasteiger partial charge is 0.353 e. The van der Waals surface area contributed by atoms with Gasteiger partial charge in [0.15, 0.2) is 0 Å². The third kappa shape index (κ3) is 9.00. The van der Waals surface area contributed by atoms with Crippen LogP contribution in [0.2, 0.25) is 0 Å². The second kappa shape index (κ2) is 16.7. The highest BCUT2D eigenvalue weighted by Gasteiger charge is 2.41. The fourth-order valence-corrected chi connectivity index (χ4v) is 10.4. The van der Waals surface area contributed by atoms with Crippen molar-refractivity contribution in [2.24, 2.45) is 41.4 Å². The van der Waals surface area contributed by atoms with Crippen LogP contribution in [0.4, 0.5) is 0 Å². The smallest absolute Gasteiger partial charge is 0.243 e. The first-order chi connectivity index (χ1) is 21.1. The number of aryl methyl sites for hydroxylation is 2. The molecule has 0 aromatic heterocycles. The third-order valence-electron chi connectivity index (χ3n) is 13.1. The first-order valence-corrected chi connectivity index (χ1v) is 19.1. The average Bonchev–Trinajstić information content (AvgIpc) is 3.06. The summed E-state index contributed by atoms with van der Waals surface area (Å²) in [5.74, 6) is 8.04. The highest BCUT2D eigenvalue weighted by molar-refractivity contribution is 5.86. The molecule has 4 saturated carbocycles. The number of hydrogen-bond donors (Lipinski definition) is 1. The van der Waals surface area contributed by atoms with Crippen LogP contribution in [-0.4, -0.2) is 12.5 Å². The number of rotatable bonds is 13. The number of nitrogens with one attached hydrogen (secondary N) is 1. The lowest BCUT2D eigenvalue weighted by atomic mass is 9.58. The third-order valence-corrected chi connectivity index (χ3v) is 13.1. The quantitative estimate of drug-likeness (QED) is 0.180. The first kappa shape index (κ1) is 32.8. The van der Waals surface area contributed by atoms with Gasteiger partial charge in [-0.2, -0.15) is 0 Å². The molecule has 1 N–H and O–H groups in total. The number of benzene rings is 1. The van der Waals surface area contributed by atoms with Crippen molar-refractivity contribution in [3.05, 3.63) is 47.5 Å². The molecule has 2 heteroatoms. The van der Waals surface area contributed by atoms with Crippen LogP contribution in [0.25, 0.3) is 0 Å². The summed E-state index contributed by atoms with van der Waals surface area (Å²) in [5, 5.41) is 2.91. The zero-order chi connectivity index (χ0) is 30.0. The molecule has 1 aromatic rings. The Morgan fingerprint density at radius 2 is 1.35 bits per heavy atom. The summed E-state index contributed by atoms with van der Waals surface area (Å²) in [6.45, 7) is 8.93. The molecule has 43 heavy (non-hydrogen) atoms. The van der Waals surface area contributed by atoms with Gasteiger partial charge in [-0.15, -0.1) is 0 Å². The van der Waals surface area contributed by atoms with Crippen molar-refractivity contribution >= 4 is 5.91 Å². The van der Waals surface area contributed by atoms with E-state index in [9.17, 15) is 4.79 Å². The Bertz CT molecular complexity index is 997. The van der Waals surface area contributed by atoms with Crippen LogP contribution in [0.5, 0.6) is 0 Å². The SMILES string of the molecule is C=CC(=O)NCCCc1ccc(C2CCC(C3CCC4CC(C5CCC(CCCCC)CC5)CCC4C3)CC2)c(CC)c1. The van der Waals surface area contributed by atoms with Gasteiger partial charge in [0.05, 0.1) is 0 Å². The Morgan fingerprint density at radius 3 is 1.93 bits per heavy atom. The first-order valence-electron chi connectivity index (χ1n) is 19.1. The molecular formula is C41H65NO. The maximum absolute atomic E-state index is 11.4. The van der Waals surface area contributed by atoms with Crippen LogP contribution in [0, 0.1) is 41.4 Å². The highest BCUT2D eigenvalue weighted by atomic mass is 16.1. The minimum atomic E-state index is -0.0683. The molecule has 0 heterocycles. The fraction of sp³-hybridized carbons (Fsp3) is 0.780. The van der Waals surface area contributed by atoms with Gasteiger partial charge in [-0.1, -0.05) is 77.2 Å². The molecule has 2 nitrogen and oxygen atoms in total. The van der Waals surface area contributed by atoms with Crippen LogP contribution in [0.3, 0.4) is 0 Å². The van der Waals surface area contributed by atoms with Gasteiger partial charge in [-0.3, -0.25) is 4.79 Å². The predicted molar refractivity (Wildman–Crippen MR) is 183 cm³/mol. The van der Waals surface area contributed by atoms with E-state index in [2.05, 4.69) is 43.9 Å². The second-order valence-corrected chi connectivity index (χ2v) is 15.5. The molecule has 0 saturated heterocycles. The van der Waals surface area contributed by atoms with E-state index < -0.39 is 0 Å². The molecule has 4 aliphatic rings. The van der Waals surface area contributed by atoms with E-state index in [1.165, 1.54) is 69.4 Å². The molecule has 0 aliphatic heterocycles. The van der Waals surface area contributed by atoms with Gasteiger partial charge in [0.2, 0.25) is 5.91 Å². The molecule has 5 rings (SSSR count). The molecular weight excluding hydrogens is 522 g/mol. The molecule has 4 atom stereocenters. The number of hydrogen-bond acceptors (Lipinski definition) is 1. The van der Waals surface area contributed by atoms with Gasteiger partial charge in [0.1, 0.15) is 0 Å². The highest BCUT2D eigenvalue weighted by Crippen LogP contribution is 2.52. The minimum absolute atomic E-state index is 0.0683. The Balaban J connectivity index is 1.04. The summed E-state index contributed by atoms with van der Waals surface area (Å²) < 4.78 is 0. The van der Waals surface area contributed by atoms with E-state index in [0.29, 0.717) is 0 Å². The lowest BCUT2D eigenvalue weighted by Crippen LogP contribution is -2.36. The maximum Gasteiger partial charge on any atom is 0.243 e. The van der Waals surface area contributed by atoms with E-state index >= 15 is 0 Å². The number of carbonyl (C=O) groups excluding carboxylic acids is 1. The van der Waals surface area contributed by atoms with Crippen LogP contribution >= 0.6 is 0 Å². The molecule has 4 aliphatic carbocycles. The molecule has 0 spiro atoms. The van der Waals surface area contributed by atoms with E-state index in [1.807, 2.05) is 0 Å². The summed E-state index contributed by atoms with van der Waals surface area (Å²) in [5.41, 5.74) is 4.63. The van der Waals surface area contributed by atoms with Gasteiger partial charge < -0.3 is 5.32 Å². The predicted octanol–water partition coefficient (Wildman–Crippen LogP) is 11.0. The number of amides is 1. The minimum Gasteiger partial charge on any atom is -0.353 e. The summed E-state index contributed by atoms with van der Waals surface area (Å²) in [6.07, 6.45) is 31.6. The van der Waals surface area contributed by atoms with Crippen molar-refractivity contribution in [1.29, 1.82) is 0 Å². The lowest BCUT2D eigenvalue weighted by Gasteiger charge is -2.47. The Labute approximate surface area is 265 Å². The van der Waals surface area contributed by atoms with Gasteiger partial charge >= 0.3 is 0 Å². The van der Waals surface area contributed by atoms with Crippen molar-refractivity contribution in [1.82, 2.24) is 5.32 Å². The number of unbranched alkanes of at least 4 members (excludes halogenated alkanes) is 2. The average molecular weight is 588 g/mol. The Morgan fingerprint density at radius 1 is 0.767 bits per heavy atom.